The summed E-state index contributed by atoms with van der Waals surface area (Å²) < 4.78 is 61.5. The summed E-state index contributed by atoms with van der Waals surface area (Å²) in [6, 6.07) is 7.32. The number of nitrogens with zero attached hydrogens (tertiary/aromatic N) is 4. The maximum Gasteiger partial charge on any atom is 0.416 e. The average molecular weight is 515 g/mol. The summed E-state index contributed by atoms with van der Waals surface area (Å²) in [6.07, 6.45) is -4.82. The Kier molecular flexibility index (Phi) is 7.04. The Morgan fingerprint density at radius 2 is 1.91 bits per heavy atom. The molecular weight excluding hydrogens is 496 g/mol. The summed E-state index contributed by atoms with van der Waals surface area (Å²) in [5.74, 6) is 0.463. The number of rotatable bonds is 7. The maximum atomic E-state index is 14.3. The van der Waals surface area contributed by atoms with Crippen molar-refractivity contribution in [3.63, 3.8) is 0 Å². The number of cyclic esters (lactones) is 1. The minimum absolute atomic E-state index is 0.0160. The van der Waals surface area contributed by atoms with Crippen molar-refractivity contribution >= 4 is 35.1 Å². The zero-order valence-corrected chi connectivity index (χ0v) is 19.4. The molecule has 4 rings (SSSR count). The fourth-order valence-electron chi connectivity index (χ4n) is 3.73. The first-order valence-corrected chi connectivity index (χ1v) is 11.8. The van der Waals surface area contributed by atoms with Crippen LogP contribution in [0.2, 0.25) is 5.02 Å². The van der Waals surface area contributed by atoms with Crippen molar-refractivity contribution in [2.45, 2.75) is 37.5 Å². The van der Waals surface area contributed by atoms with Gasteiger partial charge in [-0.3, -0.25) is 4.90 Å². The predicted octanol–water partition coefficient (Wildman–Crippen LogP) is 6.11. The largest absolute Gasteiger partial charge is 0.441 e. The van der Waals surface area contributed by atoms with E-state index >= 15 is 0 Å². The predicted molar refractivity (Wildman–Crippen MR) is 120 cm³/mol. The minimum atomic E-state index is -4.77. The normalized spacial score (nSPS) is 18.4. The molecule has 34 heavy (non-hydrogen) atoms. The first-order valence-electron chi connectivity index (χ1n) is 10.3. The third kappa shape index (κ3) is 5.30. The van der Waals surface area contributed by atoms with Gasteiger partial charge in [-0.05, 0) is 53.8 Å². The number of hydrogen-bond acceptors (Lipinski definition) is 5. The van der Waals surface area contributed by atoms with E-state index in [0.717, 1.165) is 17.9 Å². The molecule has 1 amide bonds. The molecule has 3 aromatic rings. The highest BCUT2D eigenvalue weighted by Crippen LogP contribution is 2.40. The Bertz CT molecular complexity index is 1170. The molecule has 0 spiro atoms. The van der Waals surface area contributed by atoms with Crippen LogP contribution in [0.15, 0.2) is 48.7 Å². The van der Waals surface area contributed by atoms with Gasteiger partial charge in [-0.2, -0.15) is 24.9 Å². The van der Waals surface area contributed by atoms with E-state index in [2.05, 4.69) is 10.3 Å². The lowest BCUT2D eigenvalue weighted by Gasteiger charge is -2.26. The summed E-state index contributed by atoms with van der Waals surface area (Å²) in [7, 11) is 0. The molecule has 0 radical (unpaired) electrons. The standard InChI is InChI=1S/C22H19ClF4N4O2S/c1-2-34-12-17-10-30(29-28-17)11-19-20(13-7-14(22(25,26)27)9-16(24)8-13)31(21(32)33-19)18-5-3-15(23)4-6-18/h3-10,19-20H,2,11-12H2,1H3/t19-,20-/m0/s1. The van der Waals surface area contributed by atoms with Crippen molar-refractivity contribution in [3.05, 3.63) is 76.3 Å². The van der Waals surface area contributed by atoms with Gasteiger partial charge in [0.2, 0.25) is 0 Å². The molecule has 0 bridgehead atoms. The molecule has 12 heteroatoms. The topological polar surface area (TPSA) is 60.2 Å². The minimum Gasteiger partial charge on any atom is -0.441 e. The van der Waals surface area contributed by atoms with Gasteiger partial charge in [0.05, 0.1) is 17.8 Å². The summed E-state index contributed by atoms with van der Waals surface area (Å²) in [4.78, 5) is 14.1. The number of benzene rings is 2. The van der Waals surface area contributed by atoms with Gasteiger partial charge in [0.25, 0.3) is 0 Å². The van der Waals surface area contributed by atoms with E-state index in [1.165, 1.54) is 21.7 Å². The van der Waals surface area contributed by atoms with Crippen molar-refractivity contribution in [3.8, 4) is 0 Å². The van der Waals surface area contributed by atoms with E-state index in [1.807, 2.05) is 6.92 Å². The molecule has 0 N–H and O–H groups in total. The molecule has 0 unspecified atom stereocenters. The average Bonchev–Trinajstić information content (AvgIpc) is 3.35. The Hall–Kier alpha value is -2.79. The fraction of sp³-hybridized carbons (Fsp3) is 0.318. The fourth-order valence-corrected chi connectivity index (χ4v) is 4.40. The molecule has 0 saturated carbocycles. The molecule has 6 nitrogen and oxygen atoms in total. The highest BCUT2D eigenvalue weighted by atomic mass is 35.5. The van der Waals surface area contributed by atoms with Crippen LogP contribution in [-0.2, 0) is 23.2 Å². The molecule has 1 saturated heterocycles. The lowest BCUT2D eigenvalue weighted by atomic mass is 9.97. The summed E-state index contributed by atoms with van der Waals surface area (Å²) in [5.41, 5.74) is -0.151. The van der Waals surface area contributed by atoms with Crippen molar-refractivity contribution < 1.29 is 27.1 Å². The Morgan fingerprint density at radius 1 is 1.18 bits per heavy atom. The van der Waals surface area contributed by atoms with E-state index in [0.29, 0.717) is 28.2 Å². The number of carbonyl (C=O) groups is 1. The monoisotopic (exact) mass is 514 g/mol. The number of halogens is 5. The van der Waals surface area contributed by atoms with Gasteiger partial charge in [-0.15, -0.1) is 5.10 Å². The van der Waals surface area contributed by atoms with E-state index in [9.17, 15) is 22.4 Å². The van der Waals surface area contributed by atoms with Gasteiger partial charge < -0.3 is 4.74 Å². The van der Waals surface area contributed by atoms with Crippen molar-refractivity contribution in [2.75, 3.05) is 10.7 Å². The highest BCUT2D eigenvalue weighted by molar-refractivity contribution is 7.98. The molecule has 0 aliphatic carbocycles. The zero-order chi connectivity index (χ0) is 24.5. The Morgan fingerprint density at radius 3 is 2.59 bits per heavy atom. The Labute approximate surface area is 201 Å². The number of amides is 1. The quantitative estimate of drug-likeness (QED) is 0.356. The molecule has 2 aromatic carbocycles. The lowest BCUT2D eigenvalue weighted by Crippen LogP contribution is -2.31. The smallest absolute Gasteiger partial charge is 0.416 e. The molecule has 1 aliphatic heterocycles. The second-order valence-electron chi connectivity index (χ2n) is 7.55. The van der Waals surface area contributed by atoms with Crippen LogP contribution in [0.1, 0.15) is 29.8 Å². The number of aromatic nitrogens is 3. The van der Waals surface area contributed by atoms with E-state index in [-0.39, 0.29) is 12.1 Å². The number of ether oxygens (including phenoxy) is 1. The van der Waals surface area contributed by atoms with Crippen LogP contribution in [-0.4, -0.2) is 32.9 Å². The van der Waals surface area contributed by atoms with Crippen LogP contribution in [0.25, 0.3) is 0 Å². The number of thioether (sulfide) groups is 1. The Balaban J connectivity index is 1.74. The molecule has 1 aliphatic rings. The summed E-state index contributed by atoms with van der Waals surface area (Å²) >= 11 is 7.60. The lowest BCUT2D eigenvalue weighted by molar-refractivity contribution is -0.137. The van der Waals surface area contributed by atoms with E-state index in [4.69, 9.17) is 16.3 Å². The number of hydrogen-bond donors (Lipinski definition) is 0. The maximum absolute atomic E-state index is 14.3. The van der Waals surface area contributed by atoms with Crippen LogP contribution in [0.4, 0.5) is 28.0 Å². The zero-order valence-electron chi connectivity index (χ0n) is 17.8. The molecular formula is C22H19ClF4N4O2S. The first-order chi connectivity index (χ1) is 16.2. The third-order valence-electron chi connectivity index (χ3n) is 5.18. The summed E-state index contributed by atoms with van der Waals surface area (Å²) in [5, 5.41) is 8.53. The van der Waals surface area contributed by atoms with E-state index < -0.39 is 35.8 Å². The van der Waals surface area contributed by atoms with Crippen LogP contribution in [0.5, 0.6) is 0 Å². The van der Waals surface area contributed by atoms with Gasteiger partial charge >= 0.3 is 12.3 Å². The van der Waals surface area contributed by atoms with E-state index in [1.54, 1.807) is 30.1 Å². The van der Waals surface area contributed by atoms with Gasteiger partial charge in [0.1, 0.15) is 18.0 Å². The molecule has 1 fully saturated rings. The van der Waals surface area contributed by atoms with Crippen molar-refractivity contribution in [1.29, 1.82) is 0 Å². The molecule has 1 aromatic heterocycles. The third-order valence-corrected chi connectivity index (χ3v) is 6.34. The number of carbonyl (C=O) groups excluding carboxylic acids is 1. The SMILES string of the molecule is CCSCc1cn(C[C@@H]2OC(=O)N(c3ccc(Cl)cc3)[C@H]2c2cc(F)cc(C(F)(F)F)c2)nn1. The van der Waals surface area contributed by atoms with Crippen LogP contribution in [0, 0.1) is 5.82 Å². The van der Waals surface area contributed by atoms with Gasteiger partial charge in [0.15, 0.2) is 0 Å². The summed E-state index contributed by atoms with van der Waals surface area (Å²) in [6.45, 7) is 2.03. The van der Waals surface area contributed by atoms with Gasteiger partial charge in [-0.1, -0.05) is 23.7 Å². The molecule has 180 valence electrons. The second kappa shape index (κ2) is 9.83. The molecule has 2 heterocycles. The number of anilines is 1. The van der Waals surface area contributed by atoms with Crippen LogP contribution < -0.4 is 4.90 Å². The van der Waals surface area contributed by atoms with Gasteiger partial charge in [-0.25, -0.2) is 13.9 Å². The van der Waals surface area contributed by atoms with Crippen LogP contribution >= 0.6 is 23.4 Å². The van der Waals surface area contributed by atoms with Crippen molar-refractivity contribution in [2.24, 2.45) is 0 Å². The van der Waals surface area contributed by atoms with Crippen molar-refractivity contribution in [1.82, 2.24) is 15.0 Å². The van der Waals surface area contributed by atoms with Gasteiger partial charge in [0, 0.05) is 22.7 Å². The second-order valence-corrected chi connectivity index (χ2v) is 9.26. The first kappa shape index (κ1) is 24.3. The molecule has 2 atom stereocenters. The number of alkyl halides is 3. The van der Waals surface area contributed by atoms with Crippen LogP contribution in [0.3, 0.4) is 0 Å². The highest BCUT2D eigenvalue weighted by Gasteiger charge is 2.45.